The number of ether oxygens (including phenoxy) is 1. The summed E-state index contributed by atoms with van der Waals surface area (Å²) in [4.78, 5) is 32.4. The smallest absolute Gasteiger partial charge is 0.406 e. The first-order chi connectivity index (χ1) is 14.3. The van der Waals surface area contributed by atoms with Crippen LogP contribution >= 0.6 is 22.7 Å². The van der Waals surface area contributed by atoms with Crippen LogP contribution in [0.25, 0.3) is 0 Å². The predicted molar refractivity (Wildman–Crippen MR) is 106 cm³/mol. The van der Waals surface area contributed by atoms with Crippen molar-refractivity contribution in [1.29, 1.82) is 0 Å². The number of carbonyl (C=O) groups excluding carboxylic acids is 2. The molecule has 0 aliphatic carbocycles. The molecule has 0 fully saturated rings. The molecule has 1 aliphatic heterocycles. The first-order valence-corrected chi connectivity index (χ1v) is 10.5. The molecule has 1 N–H and O–H groups in total. The van der Waals surface area contributed by atoms with Crippen LogP contribution in [0.3, 0.4) is 0 Å². The minimum atomic E-state index is -4.78. The van der Waals surface area contributed by atoms with E-state index in [0.717, 1.165) is 22.7 Å². The van der Waals surface area contributed by atoms with Gasteiger partial charge in [-0.25, -0.2) is 4.98 Å². The molecule has 0 saturated carbocycles. The number of fused-ring (bicyclic) bond motifs is 1. The number of benzene rings is 1. The summed E-state index contributed by atoms with van der Waals surface area (Å²) in [6.07, 6.45) is -4.25. The highest BCUT2D eigenvalue weighted by Gasteiger charge is 2.31. The molecule has 11 heteroatoms. The van der Waals surface area contributed by atoms with Gasteiger partial charge in [0.25, 0.3) is 11.8 Å². The van der Waals surface area contributed by atoms with E-state index in [1.54, 1.807) is 17.0 Å². The lowest BCUT2D eigenvalue weighted by atomic mass is 10.1. The molecule has 6 nitrogen and oxygen atoms in total. The number of thiazole rings is 1. The van der Waals surface area contributed by atoms with E-state index in [9.17, 15) is 22.8 Å². The Morgan fingerprint density at radius 3 is 2.60 bits per heavy atom. The van der Waals surface area contributed by atoms with Crippen molar-refractivity contribution in [2.75, 3.05) is 11.9 Å². The lowest BCUT2D eigenvalue weighted by Crippen LogP contribution is -2.35. The fourth-order valence-electron chi connectivity index (χ4n) is 2.97. The van der Waals surface area contributed by atoms with E-state index in [0.29, 0.717) is 29.5 Å². The molecular weight excluding hydrogens is 439 g/mol. The Morgan fingerprint density at radius 2 is 1.93 bits per heavy atom. The highest BCUT2D eigenvalue weighted by molar-refractivity contribution is 7.16. The summed E-state index contributed by atoms with van der Waals surface area (Å²) >= 11 is 2.64. The van der Waals surface area contributed by atoms with E-state index in [4.69, 9.17) is 0 Å². The van der Waals surface area contributed by atoms with Gasteiger partial charge in [0, 0.05) is 23.4 Å². The van der Waals surface area contributed by atoms with Crippen LogP contribution in [-0.4, -0.2) is 34.6 Å². The van der Waals surface area contributed by atoms with Crippen molar-refractivity contribution >= 4 is 39.6 Å². The van der Waals surface area contributed by atoms with E-state index in [-0.39, 0.29) is 23.1 Å². The Labute approximate surface area is 176 Å². The van der Waals surface area contributed by atoms with Gasteiger partial charge in [0.2, 0.25) is 0 Å². The molecule has 156 valence electrons. The van der Waals surface area contributed by atoms with Crippen LogP contribution in [0.2, 0.25) is 0 Å². The van der Waals surface area contributed by atoms with Crippen LogP contribution in [0, 0.1) is 0 Å². The third-order valence-corrected chi connectivity index (χ3v) is 6.19. The van der Waals surface area contributed by atoms with Crippen molar-refractivity contribution in [3.8, 4) is 5.75 Å². The zero-order valence-corrected chi connectivity index (χ0v) is 16.9. The van der Waals surface area contributed by atoms with Crippen molar-refractivity contribution in [3.63, 3.8) is 0 Å². The topological polar surface area (TPSA) is 71.5 Å². The molecule has 4 rings (SSSR count). The van der Waals surface area contributed by atoms with E-state index in [2.05, 4.69) is 15.0 Å². The molecule has 2 aromatic heterocycles. The third-order valence-electron chi connectivity index (χ3n) is 4.32. The molecule has 0 bridgehead atoms. The number of nitrogens with zero attached hydrogens (tertiary/aromatic N) is 2. The van der Waals surface area contributed by atoms with Crippen molar-refractivity contribution in [2.24, 2.45) is 0 Å². The van der Waals surface area contributed by atoms with Crippen LogP contribution < -0.4 is 10.1 Å². The maximum Gasteiger partial charge on any atom is 0.573 e. The molecule has 0 spiro atoms. The fourth-order valence-corrected chi connectivity index (χ4v) is 4.61. The van der Waals surface area contributed by atoms with E-state index >= 15 is 0 Å². The van der Waals surface area contributed by atoms with Gasteiger partial charge in [0.1, 0.15) is 5.75 Å². The number of halogens is 3. The SMILES string of the molecule is O=C(Nc1nc2c(s1)CN(C(=O)c1ccc(OC(F)(F)F)cc1)CC2)c1cccs1. The monoisotopic (exact) mass is 453 g/mol. The average Bonchev–Trinajstić information content (AvgIpc) is 3.35. The van der Waals surface area contributed by atoms with Gasteiger partial charge in [0.05, 0.1) is 17.1 Å². The summed E-state index contributed by atoms with van der Waals surface area (Å²) in [6.45, 7) is 0.746. The summed E-state index contributed by atoms with van der Waals surface area (Å²) < 4.78 is 40.6. The van der Waals surface area contributed by atoms with E-state index in [1.807, 2.05) is 5.38 Å². The van der Waals surface area contributed by atoms with Crippen molar-refractivity contribution in [1.82, 2.24) is 9.88 Å². The molecule has 0 radical (unpaired) electrons. The standard InChI is InChI=1S/C19H14F3N3O3S2/c20-19(21,22)28-12-5-3-11(4-6-12)17(27)25-8-7-13-15(10-25)30-18(23-13)24-16(26)14-2-1-9-29-14/h1-6,9H,7-8,10H2,(H,23,24,26). The molecule has 0 saturated heterocycles. The predicted octanol–water partition coefficient (Wildman–Crippen LogP) is 4.55. The van der Waals surface area contributed by atoms with Crippen LogP contribution in [0.15, 0.2) is 41.8 Å². The highest BCUT2D eigenvalue weighted by Crippen LogP contribution is 2.30. The highest BCUT2D eigenvalue weighted by atomic mass is 32.1. The minimum absolute atomic E-state index is 0.231. The van der Waals surface area contributed by atoms with Gasteiger partial charge in [0.15, 0.2) is 5.13 Å². The minimum Gasteiger partial charge on any atom is -0.406 e. The Bertz CT molecular complexity index is 1060. The average molecular weight is 453 g/mol. The van der Waals surface area contributed by atoms with Crippen molar-refractivity contribution in [3.05, 3.63) is 62.8 Å². The van der Waals surface area contributed by atoms with Crippen LogP contribution in [0.4, 0.5) is 18.3 Å². The first kappa shape index (κ1) is 20.4. The maximum atomic E-state index is 12.7. The Balaban J connectivity index is 1.42. The second kappa shape index (κ2) is 8.07. The van der Waals surface area contributed by atoms with Crippen LogP contribution in [0.5, 0.6) is 5.75 Å². The normalized spacial score (nSPS) is 13.6. The summed E-state index contributed by atoms with van der Waals surface area (Å²) in [5.41, 5.74) is 1.10. The lowest BCUT2D eigenvalue weighted by Gasteiger charge is -2.26. The summed E-state index contributed by atoms with van der Waals surface area (Å²) in [7, 11) is 0. The molecule has 30 heavy (non-hydrogen) atoms. The van der Waals surface area contributed by atoms with E-state index < -0.39 is 6.36 Å². The Kier molecular flexibility index (Phi) is 5.48. The van der Waals surface area contributed by atoms with Gasteiger partial charge in [-0.2, -0.15) is 0 Å². The second-order valence-electron chi connectivity index (χ2n) is 6.37. The Morgan fingerprint density at radius 1 is 1.17 bits per heavy atom. The number of hydrogen-bond donors (Lipinski definition) is 1. The van der Waals surface area contributed by atoms with Gasteiger partial charge in [-0.1, -0.05) is 17.4 Å². The molecule has 0 unspecified atom stereocenters. The van der Waals surface area contributed by atoms with Crippen molar-refractivity contribution < 1.29 is 27.5 Å². The number of thiophene rings is 1. The summed E-state index contributed by atoms with van der Waals surface area (Å²) in [6, 6.07) is 8.34. The second-order valence-corrected chi connectivity index (χ2v) is 8.40. The first-order valence-electron chi connectivity index (χ1n) is 8.77. The number of amides is 2. The number of hydrogen-bond acceptors (Lipinski definition) is 6. The lowest BCUT2D eigenvalue weighted by molar-refractivity contribution is -0.274. The Hall–Kier alpha value is -2.92. The van der Waals surface area contributed by atoms with Crippen LogP contribution in [0.1, 0.15) is 30.6 Å². The molecule has 3 aromatic rings. The number of alkyl halides is 3. The number of anilines is 1. The molecule has 3 heterocycles. The third kappa shape index (κ3) is 4.62. The summed E-state index contributed by atoms with van der Waals surface area (Å²) in [5.74, 6) is -0.907. The zero-order chi connectivity index (χ0) is 21.3. The molecule has 1 aromatic carbocycles. The van der Waals surface area contributed by atoms with Crippen molar-refractivity contribution in [2.45, 2.75) is 19.3 Å². The van der Waals surface area contributed by atoms with Crippen LogP contribution in [-0.2, 0) is 13.0 Å². The number of rotatable bonds is 4. The molecule has 1 aliphatic rings. The fraction of sp³-hybridized carbons (Fsp3) is 0.211. The van der Waals surface area contributed by atoms with Gasteiger partial charge in [-0.3, -0.25) is 14.9 Å². The van der Waals surface area contributed by atoms with E-state index in [1.165, 1.54) is 34.8 Å². The number of nitrogens with one attached hydrogen (secondary N) is 1. The van der Waals surface area contributed by atoms with Gasteiger partial charge in [-0.15, -0.1) is 24.5 Å². The quantitative estimate of drug-likeness (QED) is 0.629. The molecule has 2 amide bonds. The zero-order valence-electron chi connectivity index (χ0n) is 15.2. The van der Waals surface area contributed by atoms with Gasteiger partial charge >= 0.3 is 6.36 Å². The summed E-state index contributed by atoms with van der Waals surface area (Å²) in [5, 5.41) is 5.06. The maximum absolute atomic E-state index is 12.7. The molecular formula is C19H14F3N3O3S2. The number of carbonyl (C=O) groups is 2. The largest absolute Gasteiger partial charge is 0.573 e. The van der Waals surface area contributed by atoms with Gasteiger partial charge < -0.3 is 9.64 Å². The molecule has 0 atom stereocenters. The number of aromatic nitrogens is 1. The van der Waals surface area contributed by atoms with Gasteiger partial charge in [-0.05, 0) is 35.7 Å².